The van der Waals surface area contributed by atoms with Gasteiger partial charge in [0, 0.05) is 7.11 Å². The van der Waals surface area contributed by atoms with Crippen LogP contribution < -0.4 is 0 Å². The standard InChI is InChI=1S/C19H22F4O3/c1-9(2)6-12-13(19(12,3)4)18(24)26-8-11-16(22)14(20)10(7-25-5)15(21)17(11)23/h6,12-13H,7-8H2,1-5H3/t12-,13?/m0/s1. The van der Waals surface area contributed by atoms with Crippen molar-refractivity contribution in [2.24, 2.45) is 17.3 Å². The van der Waals surface area contributed by atoms with Gasteiger partial charge in [-0.3, -0.25) is 4.79 Å². The summed E-state index contributed by atoms with van der Waals surface area (Å²) in [4.78, 5) is 12.2. The maximum absolute atomic E-state index is 14.1. The van der Waals surface area contributed by atoms with Crippen molar-refractivity contribution in [3.63, 3.8) is 0 Å². The summed E-state index contributed by atoms with van der Waals surface area (Å²) >= 11 is 0. The fourth-order valence-electron chi connectivity index (χ4n) is 3.15. The van der Waals surface area contributed by atoms with Gasteiger partial charge in [-0.1, -0.05) is 25.5 Å². The maximum atomic E-state index is 14.1. The highest BCUT2D eigenvalue weighted by molar-refractivity contribution is 5.78. The van der Waals surface area contributed by atoms with E-state index >= 15 is 0 Å². The van der Waals surface area contributed by atoms with Crippen LogP contribution in [0.15, 0.2) is 11.6 Å². The first kappa shape index (κ1) is 20.4. The Labute approximate surface area is 150 Å². The highest BCUT2D eigenvalue weighted by atomic mass is 19.2. The van der Waals surface area contributed by atoms with Gasteiger partial charge < -0.3 is 9.47 Å². The molecule has 3 nitrogen and oxygen atoms in total. The molecule has 2 rings (SSSR count). The van der Waals surface area contributed by atoms with Crippen molar-refractivity contribution in [3.8, 4) is 0 Å². The second-order valence-corrected chi connectivity index (χ2v) is 7.32. The van der Waals surface area contributed by atoms with E-state index in [0.717, 1.165) is 12.7 Å². The Balaban J connectivity index is 2.18. The van der Waals surface area contributed by atoms with Crippen molar-refractivity contribution < 1.29 is 31.8 Å². The van der Waals surface area contributed by atoms with Crippen LogP contribution in [0.3, 0.4) is 0 Å². The van der Waals surface area contributed by atoms with Crippen LogP contribution >= 0.6 is 0 Å². The monoisotopic (exact) mass is 374 g/mol. The van der Waals surface area contributed by atoms with Crippen LogP contribution in [0.25, 0.3) is 0 Å². The zero-order chi connectivity index (χ0) is 19.8. The molecule has 0 saturated heterocycles. The molecule has 0 aromatic heterocycles. The zero-order valence-electron chi connectivity index (χ0n) is 15.4. The Hall–Kier alpha value is -1.89. The molecule has 1 fully saturated rings. The average molecular weight is 374 g/mol. The normalized spacial score (nSPS) is 20.7. The van der Waals surface area contributed by atoms with Crippen molar-refractivity contribution in [2.75, 3.05) is 7.11 Å². The molecule has 0 aliphatic heterocycles. The number of hydrogen-bond acceptors (Lipinski definition) is 3. The Morgan fingerprint density at radius 3 is 1.88 bits per heavy atom. The third-order valence-corrected chi connectivity index (χ3v) is 4.77. The largest absolute Gasteiger partial charge is 0.460 e. The highest BCUT2D eigenvalue weighted by Crippen LogP contribution is 2.59. The van der Waals surface area contributed by atoms with Gasteiger partial charge in [-0.15, -0.1) is 0 Å². The van der Waals surface area contributed by atoms with Gasteiger partial charge in [0.15, 0.2) is 23.3 Å². The summed E-state index contributed by atoms with van der Waals surface area (Å²) in [5.74, 6) is -7.44. The summed E-state index contributed by atoms with van der Waals surface area (Å²) in [6.45, 7) is 6.05. The lowest BCUT2D eigenvalue weighted by Crippen LogP contribution is -2.15. The van der Waals surface area contributed by atoms with E-state index in [1.807, 2.05) is 33.8 Å². The summed E-state index contributed by atoms with van der Waals surface area (Å²) in [6, 6.07) is 0. The van der Waals surface area contributed by atoms with Crippen molar-refractivity contribution in [3.05, 3.63) is 46.0 Å². The molecule has 0 radical (unpaired) electrons. The molecule has 1 aliphatic rings. The summed E-state index contributed by atoms with van der Waals surface area (Å²) in [6.07, 6.45) is 1.94. The minimum absolute atomic E-state index is 0.0488. The third kappa shape index (κ3) is 3.63. The second-order valence-electron chi connectivity index (χ2n) is 7.32. The fraction of sp³-hybridized carbons (Fsp3) is 0.526. The number of halogens is 4. The molecule has 26 heavy (non-hydrogen) atoms. The van der Waals surface area contributed by atoms with Crippen LogP contribution in [0, 0.1) is 40.5 Å². The summed E-state index contributed by atoms with van der Waals surface area (Å²) in [5, 5.41) is 0. The number of benzene rings is 1. The molecule has 7 heteroatoms. The van der Waals surface area contributed by atoms with Gasteiger partial charge >= 0.3 is 5.97 Å². The van der Waals surface area contributed by atoms with Crippen LogP contribution in [0.5, 0.6) is 0 Å². The molecule has 1 saturated carbocycles. The molecular weight excluding hydrogens is 352 g/mol. The number of esters is 1. The number of ether oxygens (including phenoxy) is 2. The zero-order valence-corrected chi connectivity index (χ0v) is 15.4. The lowest BCUT2D eigenvalue weighted by molar-refractivity contribution is -0.147. The summed E-state index contributed by atoms with van der Waals surface area (Å²) in [7, 11) is 1.14. The number of carbonyl (C=O) groups is 1. The molecule has 2 atom stereocenters. The van der Waals surface area contributed by atoms with Gasteiger partial charge in [0.1, 0.15) is 6.61 Å². The molecule has 0 heterocycles. The smallest absolute Gasteiger partial charge is 0.310 e. The first-order chi connectivity index (χ1) is 12.0. The minimum Gasteiger partial charge on any atom is -0.460 e. The predicted molar refractivity (Wildman–Crippen MR) is 87.0 cm³/mol. The molecule has 1 aromatic rings. The van der Waals surface area contributed by atoms with Crippen molar-refractivity contribution in [1.82, 2.24) is 0 Å². The van der Waals surface area contributed by atoms with Crippen LogP contribution in [-0.2, 0) is 27.5 Å². The predicted octanol–water partition coefficient (Wildman–Crippen LogP) is 4.67. The number of methoxy groups -OCH3 is 1. The lowest BCUT2D eigenvalue weighted by Gasteiger charge is -2.12. The minimum atomic E-state index is -1.58. The second kappa shape index (κ2) is 7.39. The van der Waals surface area contributed by atoms with Crippen LogP contribution in [0.2, 0.25) is 0 Å². The van der Waals surface area contributed by atoms with Crippen molar-refractivity contribution in [1.29, 1.82) is 0 Å². The lowest BCUT2D eigenvalue weighted by atomic mass is 10.1. The quantitative estimate of drug-likeness (QED) is 0.314. The number of hydrogen-bond donors (Lipinski definition) is 0. The third-order valence-electron chi connectivity index (χ3n) is 4.77. The van der Waals surface area contributed by atoms with E-state index in [2.05, 4.69) is 4.74 Å². The fourth-order valence-corrected chi connectivity index (χ4v) is 3.15. The van der Waals surface area contributed by atoms with Crippen molar-refractivity contribution >= 4 is 5.97 Å². The van der Waals surface area contributed by atoms with Gasteiger partial charge in [0.2, 0.25) is 0 Å². The molecule has 0 amide bonds. The molecular formula is C19H22F4O3. The number of carbonyl (C=O) groups excluding carboxylic acids is 1. The SMILES string of the molecule is COCc1c(F)c(F)c(COC(=O)C2[C@H](C=C(C)C)C2(C)C)c(F)c1F. The van der Waals surface area contributed by atoms with Gasteiger partial charge in [-0.2, -0.15) is 0 Å². The molecule has 0 N–H and O–H groups in total. The van der Waals surface area contributed by atoms with E-state index in [-0.39, 0.29) is 11.3 Å². The molecule has 0 spiro atoms. The molecule has 1 unspecified atom stereocenters. The Morgan fingerprint density at radius 2 is 1.46 bits per heavy atom. The van der Waals surface area contributed by atoms with E-state index in [1.54, 1.807) is 0 Å². The van der Waals surface area contributed by atoms with E-state index in [4.69, 9.17) is 4.74 Å². The number of rotatable bonds is 6. The topological polar surface area (TPSA) is 35.5 Å². The molecule has 0 bridgehead atoms. The first-order valence-electron chi connectivity index (χ1n) is 8.18. The average Bonchev–Trinajstić information content (AvgIpc) is 3.09. The number of allylic oxidation sites excluding steroid dienone is 2. The Kier molecular flexibility index (Phi) is 5.80. The molecule has 1 aliphatic carbocycles. The molecule has 144 valence electrons. The van der Waals surface area contributed by atoms with Crippen molar-refractivity contribution in [2.45, 2.75) is 40.9 Å². The summed E-state index contributed by atoms with van der Waals surface area (Å²) in [5.41, 5.74) is -1.10. The Morgan fingerprint density at radius 1 is 1.00 bits per heavy atom. The molecule has 1 aromatic carbocycles. The first-order valence-corrected chi connectivity index (χ1v) is 8.18. The van der Waals surface area contributed by atoms with Gasteiger partial charge in [-0.05, 0) is 25.2 Å². The van der Waals surface area contributed by atoms with E-state index in [9.17, 15) is 22.4 Å². The van der Waals surface area contributed by atoms with Gasteiger partial charge in [-0.25, -0.2) is 17.6 Å². The Bertz CT molecular complexity index is 723. The van der Waals surface area contributed by atoms with E-state index in [1.165, 1.54) is 0 Å². The highest BCUT2D eigenvalue weighted by Gasteiger charge is 2.61. The van der Waals surface area contributed by atoms with E-state index < -0.39 is 59.5 Å². The van der Waals surface area contributed by atoms with Gasteiger partial charge in [0.05, 0.1) is 23.7 Å². The summed E-state index contributed by atoms with van der Waals surface area (Å²) < 4.78 is 65.4. The maximum Gasteiger partial charge on any atom is 0.310 e. The van der Waals surface area contributed by atoms with Crippen LogP contribution in [-0.4, -0.2) is 13.1 Å². The van der Waals surface area contributed by atoms with Crippen LogP contribution in [0.4, 0.5) is 17.6 Å². The van der Waals surface area contributed by atoms with E-state index in [0.29, 0.717) is 0 Å². The van der Waals surface area contributed by atoms with Crippen LogP contribution in [0.1, 0.15) is 38.8 Å². The van der Waals surface area contributed by atoms with Gasteiger partial charge in [0.25, 0.3) is 0 Å².